The number of benzene rings is 1. The third-order valence-corrected chi connectivity index (χ3v) is 4.45. The maximum atomic E-state index is 11.1. The molecule has 2 heterocycles. The highest BCUT2D eigenvalue weighted by molar-refractivity contribution is 7.15. The van der Waals surface area contributed by atoms with Gasteiger partial charge in [-0.15, -0.1) is 11.3 Å². The molecule has 0 bridgehead atoms. The van der Waals surface area contributed by atoms with Gasteiger partial charge in [0, 0.05) is 16.9 Å². The molecular formula is C15H15NO4S. The smallest absolute Gasteiger partial charge is 0.355 e. The number of nitrogens with zero attached hydrogens (tertiary/aromatic N) is 1. The van der Waals surface area contributed by atoms with E-state index in [-0.39, 0.29) is 11.8 Å². The summed E-state index contributed by atoms with van der Waals surface area (Å²) in [6, 6.07) is 3.84. The summed E-state index contributed by atoms with van der Waals surface area (Å²) in [5.74, 6) is 0.500. The van der Waals surface area contributed by atoms with E-state index < -0.39 is 5.97 Å². The third kappa shape index (κ3) is 2.35. The first-order valence-corrected chi connectivity index (χ1v) is 7.40. The average molecular weight is 305 g/mol. The van der Waals surface area contributed by atoms with Gasteiger partial charge in [0.25, 0.3) is 0 Å². The van der Waals surface area contributed by atoms with Gasteiger partial charge in [-0.2, -0.15) is 0 Å². The number of hydrogen-bond acceptors (Lipinski definition) is 5. The van der Waals surface area contributed by atoms with Crippen molar-refractivity contribution in [3.63, 3.8) is 0 Å². The van der Waals surface area contributed by atoms with E-state index >= 15 is 0 Å². The van der Waals surface area contributed by atoms with Gasteiger partial charge in [-0.3, -0.25) is 0 Å². The number of ether oxygens (including phenoxy) is 2. The van der Waals surface area contributed by atoms with E-state index in [1.807, 2.05) is 19.1 Å². The summed E-state index contributed by atoms with van der Waals surface area (Å²) in [4.78, 5) is 16.0. The molecule has 3 rings (SSSR count). The van der Waals surface area contributed by atoms with E-state index in [1.165, 1.54) is 11.3 Å². The number of rotatable bonds is 3. The normalized spacial score (nSPS) is 16.4. The highest BCUT2D eigenvalue weighted by Crippen LogP contribution is 2.41. The molecule has 1 N–H and O–H groups in total. The van der Waals surface area contributed by atoms with E-state index in [4.69, 9.17) is 14.6 Å². The van der Waals surface area contributed by atoms with Gasteiger partial charge in [-0.25, -0.2) is 9.78 Å². The van der Waals surface area contributed by atoms with Gasteiger partial charge in [0.05, 0.1) is 12.7 Å². The fourth-order valence-corrected chi connectivity index (χ4v) is 3.41. The first-order valence-electron chi connectivity index (χ1n) is 6.58. The van der Waals surface area contributed by atoms with Gasteiger partial charge in [0.15, 0.2) is 5.69 Å². The Morgan fingerprint density at radius 2 is 2.29 bits per heavy atom. The van der Waals surface area contributed by atoms with Crippen LogP contribution >= 0.6 is 11.3 Å². The zero-order valence-corrected chi connectivity index (χ0v) is 12.8. The molecule has 0 fully saturated rings. The predicted octanol–water partition coefficient (Wildman–Crippen LogP) is 3.15. The molecule has 0 saturated carbocycles. The molecular weight excluding hydrogens is 290 g/mol. The highest BCUT2D eigenvalue weighted by atomic mass is 32.1. The minimum atomic E-state index is -1.01. The van der Waals surface area contributed by atoms with Crippen LogP contribution in [0.5, 0.6) is 11.5 Å². The summed E-state index contributed by atoms with van der Waals surface area (Å²) in [6.45, 7) is 3.77. The van der Waals surface area contributed by atoms with Gasteiger partial charge < -0.3 is 14.6 Å². The number of methoxy groups -OCH3 is 1. The minimum absolute atomic E-state index is 0.0897. The summed E-state index contributed by atoms with van der Waals surface area (Å²) >= 11 is 1.34. The number of hydrogen-bond donors (Lipinski definition) is 1. The van der Waals surface area contributed by atoms with E-state index in [2.05, 4.69) is 4.98 Å². The van der Waals surface area contributed by atoms with Gasteiger partial charge in [0.2, 0.25) is 0 Å². The molecule has 1 aliphatic heterocycles. The lowest BCUT2D eigenvalue weighted by Crippen LogP contribution is -2.05. The van der Waals surface area contributed by atoms with Crippen LogP contribution in [0.25, 0.3) is 10.6 Å². The van der Waals surface area contributed by atoms with Crippen LogP contribution in [0.4, 0.5) is 0 Å². The molecule has 0 spiro atoms. The van der Waals surface area contributed by atoms with Crippen LogP contribution in [0.3, 0.4) is 0 Å². The number of thiazole rings is 1. The third-order valence-electron chi connectivity index (χ3n) is 3.45. The lowest BCUT2D eigenvalue weighted by molar-refractivity contribution is 0.0690. The fourth-order valence-electron chi connectivity index (χ4n) is 2.49. The standard InChI is InChI=1S/C15H15NO4S/c1-7-4-9-5-12(19-3)10(6-11(9)20-7)14-16-13(15(17)18)8(2)21-14/h5-7H,4H2,1-3H3,(H,17,18). The molecule has 2 aromatic rings. The molecule has 1 aromatic heterocycles. The Bertz CT molecular complexity index is 723. The summed E-state index contributed by atoms with van der Waals surface area (Å²) in [5, 5.41) is 9.76. The predicted molar refractivity (Wildman–Crippen MR) is 79.6 cm³/mol. The second kappa shape index (κ2) is 5.04. The number of aryl methyl sites for hydroxylation is 1. The van der Waals surface area contributed by atoms with Crippen molar-refractivity contribution < 1.29 is 19.4 Å². The van der Waals surface area contributed by atoms with E-state index in [0.717, 1.165) is 23.3 Å². The Morgan fingerprint density at radius 3 is 2.90 bits per heavy atom. The van der Waals surface area contributed by atoms with Crippen molar-refractivity contribution in [3.8, 4) is 22.1 Å². The Kier molecular flexibility index (Phi) is 3.33. The van der Waals surface area contributed by atoms with Crippen LogP contribution < -0.4 is 9.47 Å². The second-order valence-electron chi connectivity index (χ2n) is 5.02. The highest BCUT2D eigenvalue weighted by Gasteiger charge is 2.24. The Balaban J connectivity index is 2.12. The molecule has 6 heteroatoms. The largest absolute Gasteiger partial charge is 0.496 e. The number of aromatic nitrogens is 1. The van der Waals surface area contributed by atoms with Crippen molar-refractivity contribution in [1.82, 2.24) is 4.98 Å². The molecule has 21 heavy (non-hydrogen) atoms. The quantitative estimate of drug-likeness (QED) is 0.943. The molecule has 1 atom stereocenters. The summed E-state index contributed by atoms with van der Waals surface area (Å²) in [5.41, 5.74) is 1.97. The zero-order valence-electron chi connectivity index (χ0n) is 12.0. The molecule has 5 nitrogen and oxygen atoms in total. The van der Waals surface area contributed by atoms with Crippen molar-refractivity contribution in [1.29, 1.82) is 0 Å². The molecule has 0 amide bonds. The summed E-state index contributed by atoms with van der Waals surface area (Å²) in [7, 11) is 1.60. The first kappa shape index (κ1) is 13.9. The van der Waals surface area contributed by atoms with Gasteiger partial charge in [-0.1, -0.05) is 0 Å². The molecule has 0 aliphatic carbocycles. The van der Waals surface area contributed by atoms with Crippen molar-refractivity contribution in [2.45, 2.75) is 26.4 Å². The van der Waals surface area contributed by atoms with Crippen LogP contribution in [0.2, 0.25) is 0 Å². The maximum Gasteiger partial charge on any atom is 0.355 e. The van der Waals surface area contributed by atoms with Crippen LogP contribution in [-0.4, -0.2) is 29.3 Å². The molecule has 0 saturated heterocycles. The molecule has 1 aromatic carbocycles. The van der Waals surface area contributed by atoms with Crippen molar-refractivity contribution >= 4 is 17.3 Å². The topological polar surface area (TPSA) is 68.7 Å². The number of fused-ring (bicyclic) bond motifs is 1. The minimum Gasteiger partial charge on any atom is -0.496 e. The Labute approximate surface area is 126 Å². The number of aromatic carboxylic acids is 1. The number of carboxylic acid groups (broad SMARTS) is 1. The fraction of sp³-hybridized carbons (Fsp3) is 0.333. The maximum absolute atomic E-state index is 11.1. The summed E-state index contributed by atoms with van der Waals surface area (Å²) in [6.07, 6.45) is 0.996. The SMILES string of the molecule is COc1cc2c(cc1-c1nc(C(=O)O)c(C)s1)OC(C)C2. The lowest BCUT2D eigenvalue weighted by Gasteiger charge is -2.09. The Morgan fingerprint density at radius 1 is 1.52 bits per heavy atom. The molecule has 0 radical (unpaired) electrons. The monoisotopic (exact) mass is 305 g/mol. The van der Waals surface area contributed by atoms with E-state index in [0.29, 0.717) is 15.6 Å². The molecule has 1 unspecified atom stereocenters. The lowest BCUT2D eigenvalue weighted by atomic mass is 10.1. The zero-order chi connectivity index (χ0) is 15.1. The second-order valence-corrected chi connectivity index (χ2v) is 6.22. The number of carbonyl (C=O) groups is 1. The van der Waals surface area contributed by atoms with Crippen LogP contribution in [0, 0.1) is 6.92 Å². The van der Waals surface area contributed by atoms with Gasteiger partial charge in [-0.05, 0) is 26.0 Å². The van der Waals surface area contributed by atoms with E-state index in [1.54, 1.807) is 14.0 Å². The van der Waals surface area contributed by atoms with Crippen LogP contribution in [0.15, 0.2) is 12.1 Å². The van der Waals surface area contributed by atoms with Crippen molar-refractivity contribution in [3.05, 3.63) is 28.3 Å². The average Bonchev–Trinajstić information content (AvgIpc) is 2.98. The first-order chi connectivity index (χ1) is 9.99. The van der Waals surface area contributed by atoms with Gasteiger partial charge >= 0.3 is 5.97 Å². The van der Waals surface area contributed by atoms with Gasteiger partial charge in [0.1, 0.15) is 22.6 Å². The molecule has 110 valence electrons. The van der Waals surface area contributed by atoms with E-state index in [9.17, 15) is 4.79 Å². The Hall–Kier alpha value is -2.08. The van der Waals surface area contributed by atoms with Crippen LogP contribution in [-0.2, 0) is 6.42 Å². The van der Waals surface area contributed by atoms with Crippen molar-refractivity contribution in [2.75, 3.05) is 7.11 Å². The van der Waals surface area contributed by atoms with Crippen LogP contribution in [0.1, 0.15) is 27.9 Å². The molecule has 1 aliphatic rings. The summed E-state index contributed by atoms with van der Waals surface area (Å²) < 4.78 is 11.2. The van der Waals surface area contributed by atoms with Crippen molar-refractivity contribution in [2.24, 2.45) is 0 Å². The number of carboxylic acids is 1.